The van der Waals surface area contributed by atoms with Gasteiger partial charge in [0, 0.05) is 11.8 Å². The van der Waals surface area contributed by atoms with Crippen LogP contribution in [-0.2, 0) is 0 Å². The second-order valence-electron chi connectivity index (χ2n) is 2.62. The maximum Gasteiger partial charge on any atom is 0.407 e. The summed E-state index contributed by atoms with van der Waals surface area (Å²) >= 11 is 5.35. The number of halogens is 4. The van der Waals surface area contributed by atoms with Crippen molar-refractivity contribution in [2.45, 2.75) is 6.18 Å². The molecule has 0 aliphatic heterocycles. The quantitative estimate of drug-likeness (QED) is 0.783. The molecule has 0 aliphatic rings. The van der Waals surface area contributed by atoms with E-state index >= 15 is 0 Å². The average molecular weight is 226 g/mol. The second kappa shape index (κ2) is 3.96. The Kier molecular flexibility index (Phi) is 3.10. The molecule has 0 saturated heterocycles. The van der Waals surface area contributed by atoms with Gasteiger partial charge < -0.3 is 5.11 Å². The monoisotopic (exact) mass is 225 g/mol. The number of aromatic hydroxyl groups is 1. The summed E-state index contributed by atoms with van der Waals surface area (Å²) in [5, 5.41) is 9.18. The van der Waals surface area contributed by atoms with Crippen LogP contribution in [0.3, 0.4) is 0 Å². The van der Waals surface area contributed by atoms with Gasteiger partial charge in [-0.15, -0.1) is 0 Å². The molecule has 6 heteroatoms. The van der Waals surface area contributed by atoms with Gasteiger partial charge in [0.05, 0.1) is 5.69 Å². The van der Waals surface area contributed by atoms with E-state index in [-0.39, 0.29) is 11.4 Å². The first-order valence-corrected chi connectivity index (χ1v) is 4.02. The summed E-state index contributed by atoms with van der Waals surface area (Å²) in [5.41, 5.74) is -0.0634. The molecular formula is C8H7ClF3NO. The molecule has 0 bridgehead atoms. The van der Waals surface area contributed by atoms with Crippen LogP contribution in [0.1, 0.15) is 0 Å². The minimum Gasteiger partial charge on any atom is -0.506 e. The van der Waals surface area contributed by atoms with E-state index in [2.05, 4.69) is 0 Å². The number of benzene rings is 1. The van der Waals surface area contributed by atoms with Gasteiger partial charge in [-0.05, 0) is 12.1 Å². The lowest BCUT2D eigenvalue weighted by Gasteiger charge is -2.18. The normalized spacial score (nSPS) is 11.4. The minimum absolute atomic E-state index is 0.0634. The predicted molar refractivity (Wildman–Crippen MR) is 47.4 cm³/mol. The van der Waals surface area contributed by atoms with Gasteiger partial charge in [0.25, 0.3) is 0 Å². The first-order chi connectivity index (χ1) is 6.40. The van der Waals surface area contributed by atoms with E-state index in [1.165, 1.54) is 24.3 Å². The van der Waals surface area contributed by atoms with Crippen molar-refractivity contribution in [3.8, 4) is 5.75 Å². The van der Waals surface area contributed by atoms with Gasteiger partial charge in [-0.3, -0.25) is 4.42 Å². The van der Waals surface area contributed by atoms with E-state index in [0.717, 1.165) is 0 Å². The molecule has 0 fully saturated rings. The molecule has 0 amide bonds. The summed E-state index contributed by atoms with van der Waals surface area (Å²) in [4.78, 5) is 0. The van der Waals surface area contributed by atoms with E-state index in [4.69, 9.17) is 11.8 Å². The Morgan fingerprint density at radius 3 is 2.36 bits per heavy atom. The molecule has 0 atom stereocenters. The highest BCUT2D eigenvalue weighted by Gasteiger charge is 2.31. The van der Waals surface area contributed by atoms with Crippen LogP contribution in [0.5, 0.6) is 5.75 Å². The Labute approximate surface area is 83.6 Å². The molecule has 2 nitrogen and oxygen atoms in total. The van der Waals surface area contributed by atoms with E-state index in [1.54, 1.807) is 0 Å². The predicted octanol–water partition coefficient (Wildman–Crippen LogP) is 2.91. The number of anilines is 1. The first kappa shape index (κ1) is 11.0. The lowest BCUT2D eigenvalue weighted by molar-refractivity contribution is -0.117. The fourth-order valence-electron chi connectivity index (χ4n) is 0.912. The minimum atomic E-state index is -4.40. The largest absolute Gasteiger partial charge is 0.506 e. The van der Waals surface area contributed by atoms with Crippen LogP contribution in [0.2, 0.25) is 0 Å². The number of phenolic OH excluding ortho intramolecular Hbond substituents is 1. The highest BCUT2D eigenvalue weighted by molar-refractivity contribution is 6.26. The summed E-state index contributed by atoms with van der Waals surface area (Å²) in [6, 6.07) is 5.55. The Morgan fingerprint density at radius 1 is 1.29 bits per heavy atom. The number of nitrogens with zero attached hydrogens (tertiary/aromatic N) is 1. The topological polar surface area (TPSA) is 23.5 Å². The third-order valence-corrected chi connectivity index (χ3v) is 1.76. The molecule has 1 aromatic carbocycles. The van der Waals surface area contributed by atoms with Crippen LogP contribution >= 0.6 is 11.8 Å². The molecule has 0 radical (unpaired) electrons. The fourth-order valence-corrected chi connectivity index (χ4v) is 1.19. The zero-order chi connectivity index (χ0) is 10.8. The molecule has 14 heavy (non-hydrogen) atoms. The molecule has 78 valence electrons. The first-order valence-electron chi connectivity index (χ1n) is 3.68. The Morgan fingerprint density at radius 2 is 1.86 bits per heavy atom. The molecule has 0 aliphatic carbocycles. The SMILES string of the molecule is Oc1ccccc1N(Cl)CC(F)(F)F. The molecule has 1 aromatic rings. The van der Waals surface area contributed by atoms with Gasteiger partial charge in [-0.1, -0.05) is 12.1 Å². The van der Waals surface area contributed by atoms with Crippen molar-refractivity contribution >= 4 is 17.5 Å². The van der Waals surface area contributed by atoms with Crippen LogP contribution < -0.4 is 4.42 Å². The maximum atomic E-state index is 11.9. The smallest absolute Gasteiger partial charge is 0.407 e. The highest BCUT2D eigenvalue weighted by atomic mass is 35.5. The molecule has 0 spiro atoms. The van der Waals surface area contributed by atoms with Gasteiger partial charge in [-0.2, -0.15) is 13.2 Å². The third-order valence-electron chi connectivity index (χ3n) is 1.46. The van der Waals surface area contributed by atoms with E-state index in [0.29, 0.717) is 4.42 Å². The summed E-state index contributed by atoms with van der Waals surface area (Å²) in [7, 11) is 0. The summed E-state index contributed by atoms with van der Waals surface area (Å²) in [5.74, 6) is -0.285. The fraction of sp³-hybridized carbons (Fsp3) is 0.250. The zero-order valence-corrected chi connectivity index (χ0v) is 7.68. The average Bonchev–Trinajstić information content (AvgIpc) is 2.01. The van der Waals surface area contributed by atoms with Gasteiger partial charge >= 0.3 is 6.18 Å². The van der Waals surface area contributed by atoms with Gasteiger partial charge in [0.2, 0.25) is 0 Å². The van der Waals surface area contributed by atoms with Crippen LogP contribution in [0.4, 0.5) is 18.9 Å². The van der Waals surface area contributed by atoms with Crippen molar-refractivity contribution in [3.05, 3.63) is 24.3 Å². The van der Waals surface area contributed by atoms with E-state index < -0.39 is 12.7 Å². The van der Waals surface area contributed by atoms with E-state index in [9.17, 15) is 18.3 Å². The van der Waals surface area contributed by atoms with Crippen molar-refractivity contribution in [1.82, 2.24) is 0 Å². The van der Waals surface area contributed by atoms with Crippen molar-refractivity contribution in [2.75, 3.05) is 11.0 Å². The number of alkyl halides is 3. The van der Waals surface area contributed by atoms with Crippen molar-refractivity contribution in [3.63, 3.8) is 0 Å². The number of para-hydroxylation sites is 2. The molecule has 1 N–H and O–H groups in total. The Balaban J connectivity index is 2.80. The van der Waals surface area contributed by atoms with Crippen molar-refractivity contribution in [1.29, 1.82) is 0 Å². The summed E-state index contributed by atoms with van der Waals surface area (Å²) < 4.78 is 36.2. The van der Waals surface area contributed by atoms with Crippen LogP contribution in [-0.4, -0.2) is 17.8 Å². The molecule has 0 heterocycles. The molecule has 0 aromatic heterocycles. The van der Waals surface area contributed by atoms with Gasteiger partial charge in [0.1, 0.15) is 12.3 Å². The Hall–Kier alpha value is -1.10. The number of rotatable bonds is 2. The Bertz CT molecular complexity index is 316. The van der Waals surface area contributed by atoms with Crippen molar-refractivity contribution in [2.24, 2.45) is 0 Å². The summed E-state index contributed by atoms with van der Waals surface area (Å²) in [6.07, 6.45) is -4.40. The van der Waals surface area contributed by atoms with E-state index in [1.807, 2.05) is 0 Å². The molecule has 0 saturated carbocycles. The third kappa shape index (κ3) is 2.99. The van der Waals surface area contributed by atoms with Gasteiger partial charge in [-0.25, -0.2) is 0 Å². The standard InChI is InChI=1S/C8H7ClF3NO/c9-13(5-8(10,11)12)6-3-1-2-4-7(6)14/h1-4,14H,5H2. The lowest BCUT2D eigenvalue weighted by atomic mass is 10.3. The number of hydrogen-bond acceptors (Lipinski definition) is 2. The lowest BCUT2D eigenvalue weighted by Crippen LogP contribution is -2.26. The van der Waals surface area contributed by atoms with Crippen LogP contribution in [0, 0.1) is 0 Å². The number of phenols is 1. The highest BCUT2D eigenvalue weighted by Crippen LogP contribution is 2.30. The van der Waals surface area contributed by atoms with Crippen LogP contribution in [0.25, 0.3) is 0 Å². The van der Waals surface area contributed by atoms with Crippen molar-refractivity contribution < 1.29 is 18.3 Å². The zero-order valence-electron chi connectivity index (χ0n) is 6.92. The molecule has 1 rings (SSSR count). The second-order valence-corrected chi connectivity index (χ2v) is 3.03. The maximum absolute atomic E-state index is 11.9. The summed E-state index contributed by atoms with van der Waals surface area (Å²) in [6.45, 7) is -1.31. The number of hydrogen-bond donors (Lipinski definition) is 1. The van der Waals surface area contributed by atoms with Gasteiger partial charge in [0.15, 0.2) is 0 Å². The molecule has 0 unspecified atom stereocenters. The van der Waals surface area contributed by atoms with Crippen LogP contribution in [0.15, 0.2) is 24.3 Å². The molecular weight excluding hydrogens is 219 g/mol.